The molecule has 1 N–H and O–H groups in total. The summed E-state index contributed by atoms with van der Waals surface area (Å²) in [5.41, 5.74) is 1.81. The molecule has 1 aromatic heterocycles. The molecule has 1 amide bonds. The second-order valence-corrected chi connectivity index (χ2v) is 5.96. The van der Waals surface area contributed by atoms with Crippen LogP contribution in [0.1, 0.15) is 5.56 Å². The van der Waals surface area contributed by atoms with Crippen LogP contribution in [0, 0.1) is 11.3 Å². The van der Waals surface area contributed by atoms with E-state index in [9.17, 15) is 10.1 Å². The minimum Gasteiger partial charge on any atom is -0.493 e. The van der Waals surface area contributed by atoms with Crippen molar-refractivity contribution in [3.63, 3.8) is 0 Å². The molecule has 0 aliphatic rings. The number of carbonyl (C=O) groups is 1. The fourth-order valence-corrected chi connectivity index (χ4v) is 2.90. The molecule has 0 spiro atoms. The molecule has 0 unspecified atom stereocenters. The summed E-state index contributed by atoms with van der Waals surface area (Å²) < 4.78 is 15.9. The van der Waals surface area contributed by atoms with Gasteiger partial charge in [-0.15, -0.1) is 12.4 Å². The van der Waals surface area contributed by atoms with Gasteiger partial charge in [-0.05, 0) is 48.0 Å². The highest BCUT2D eigenvalue weighted by atomic mass is 35.5. The van der Waals surface area contributed by atoms with E-state index in [1.54, 1.807) is 36.5 Å². The molecule has 2 aromatic carbocycles. The molecule has 3 aromatic rings. The van der Waals surface area contributed by atoms with Crippen molar-refractivity contribution in [2.24, 2.45) is 0 Å². The Morgan fingerprint density at radius 3 is 2.37 bits per heavy atom. The summed E-state index contributed by atoms with van der Waals surface area (Å²) in [7, 11) is 4.50. The van der Waals surface area contributed by atoms with Crippen molar-refractivity contribution in [3.05, 3.63) is 59.8 Å². The lowest BCUT2D eigenvalue weighted by atomic mass is 10.1. The average molecular weight is 426 g/mol. The van der Waals surface area contributed by atoms with Crippen LogP contribution in [0.15, 0.2) is 54.2 Å². The Morgan fingerprint density at radius 1 is 1.07 bits per heavy atom. The number of ether oxygens (including phenoxy) is 3. The number of benzene rings is 2. The molecule has 3 rings (SSSR count). The maximum absolute atomic E-state index is 12.7. The van der Waals surface area contributed by atoms with Crippen molar-refractivity contribution in [2.45, 2.75) is 0 Å². The normalized spacial score (nSPS) is 10.5. The summed E-state index contributed by atoms with van der Waals surface area (Å²) >= 11 is 0. The van der Waals surface area contributed by atoms with Gasteiger partial charge in [-0.1, -0.05) is 6.07 Å². The summed E-state index contributed by atoms with van der Waals surface area (Å²) in [6.45, 7) is 0. The van der Waals surface area contributed by atoms with E-state index in [0.717, 1.165) is 10.9 Å². The number of fused-ring (bicyclic) bond motifs is 1. The van der Waals surface area contributed by atoms with Crippen LogP contribution in [-0.2, 0) is 4.79 Å². The number of halogens is 1. The summed E-state index contributed by atoms with van der Waals surface area (Å²) in [6, 6.07) is 14.3. The number of anilines is 1. The van der Waals surface area contributed by atoms with Gasteiger partial charge in [0, 0.05) is 11.6 Å². The van der Waals surface area contributed by atoms with Crippen molar-refractivity contribution < 1.29 is 19.0 Å². The van der Waals surface area contributed by atoms with Crippen LogP contribution in [0.3, 0.4) is 0 Å². The highest BCUT2D eigenvalue weighted by molar-refractivity contribution is 6.12. The zero-order chi connectivity index (χ0) is 20.8. The molecule has 1 heterocycles. The number of hydrogen-bond acceptors (Lipinski definition) is 6. The molecule has 0 radical (unpaired) electrons. The van der Waals surface area contributed by atoms with Crippen molar-refractivity contribution in [2.75, 3.05) is 26.6 Å². The fraction of sp³-hybridized carbons (Fsp3) is 0.136. The Hall–Kier alpha value is -3.76. The van der Waals surface area contributed by atoms with Gasteiger partial charge < -0.3 is 19.5 Å². The lowest BCUT2D eigenvalue weighted by Crippen LogP contribution is -2.13. The van der Waals surface area contributed by atoms with Crippen LogP contribution in [0.2, 0.25) is 0 Å². The smallest absolute Gasteiger partial charge is 0.266 e. The number of nitriles is 1. The van der Waals surface area contributed by atoms with Gasteiger partial charge in [0.25, 0.3) is 5.91 Å². The Balaban J connectivity index is 0.00000320. The van der Waals surface area contributed by atoms with Crippen LogP contribution < -0.4 is 19.5 Å². The highest BCUT2D eigenvalue weighted by Crippen LogP contribution is 2.38. The van der Waals surface area contributed by atoms with Crippen LogP contribution >= 0.6 is 12.4 Å². The van der Waals surface area contributed by atoms with Crippen LogP contribution in [0.5, 0.6) is 17.2 Å². The molecule has 0 aliphatic carbocycles. The number of rotatable bonds is 6. The van der Waals surface area contributed by atoms with Crippen molar-refractivity contribution in [3.8, 4) is 23.3 Å². The molecule has 154 valence electrons. The predicted molar refractivity (Wildman–Crippen MR) is 117 cm³/mol. The molecule has 7 nitrogen and oxygen atoms in total. The van der Waals surface area contributed by atoms with E-state index in [2.05, 4.69) is 10.3 Å². The van der Waals surface area contributed by atoms with Gasteiger partial charge in [0.2, 0.25) is 5.75 Å². The number of nitrogens with one attached hydrogen (secondary N) is 1. The molecule has 8 heteroatoms. The SMILES string of the molecule is COc1cc(/C=C(\C#N)C(=O)Nc2cccc3ncccc23)cc(OC)c1OC.Cl. The second-order valence-electron chi connectivity index (χ2n) is 5.96. The fourth-order valence-electron chi connectivity index (χ4n) is 2.90. The van der Waals surface area contributed by atoms with Crippen LogP contribution in [0.25, 0.3) is 17.0 Å². The highest BCUT2D eigenvalue weighted by Gasteiger charge is 2.15. The van der Waals surface area contributed by atoms with E-state index in [4.69, 9.17) is 14.2 Å². The predicted octanol–water partition coefficient (Wildman–Crippen LogP) is 4.23. The molecule has 30 heavy (non-hydrogen) atoms. The summed E-state index contributed by atoms with van der Waals surface area (Å²) in [6.07, 6.45) is 3.14. The Morgan fingerprint density at radius 2 is 1.77 bits per heavy atom. The van der Waals surface area contributed by atoms with Crippen molar-refractivity contribution in [1.29, 1.82) is 5.26 Å². The van der Waals surface area contributed by atoms with Gasteiger partial charge in [0.05, 0.1) is 32.5 Å². The van der Waals surface area contributed by atoms with Gasteiger partial charge in [-0.25, -0.2) is 0 Å². The third-order valence-corrected chi connectivity index (χ3v) is 4.26. The molecular weight excluding hydrogens is 406 g/mol. The second kappa shape index (κ2) is 10.1. The minimum absolute atomic E-state index is 0. The van der Waals surface area contributed by atoms with E-state index in [1.807, 2.05) is 18.2 Å². The Kier molecular flexibility index (Phi) is 7.62. The maximum Gasteiger partial charge on any atom is 0.266 e. The third-order valence-electron chi connectivity index (χ3n) is 4.26. The molecule has 0 aliphatic heterocycles. The van der Waals surface area contributed by atoms with E-state index in [-0.39, 0.29) is 18.0 Å². The number of aromatic nitrogens is 1. The molecule has 0 saturated heterocycles. The zero-order valence-corrected chi connectivity index (χ0v) is 17.4. The van der Waals surface area contributed by atoms with Gasteiger partial charge in [-0.2, -0.15) is 5.26 Å². The first kappa shape index (κ1) is 22.5. The zero-order valence-electron chi connectivity index (χ0n) is 16.6. The third kappa shape index (κ3) is 4.62. The van der Waals surface area contributed by atoms with E-state index >= 15 is 0 Å². The maximum atomic E-state index is 12.7. The van der Waals surface area contributed by atoms with Gasteiger partial charge in [-0.3, -0.25) is 9.78 Å². The minimum atomic E-state index is -0.530. The first-order valence-electron chi connectivity index (χ1n) is 8.68. The molecular formula is C22H20ClN3O4. The summed E-state index contributed by atoms with van der Waals surface area (Å²) in [4.78, 5) is 17.0. The van der Waals surface area contributed by atoms with Gasteiger partial charge in [0.15, 0.2) is 11.5 Å². The van der Waals surface area contributed by atoms with Crippen LogP contribution in [-0.4, -0.2) is 32.2 Å². The lowest BCUT2D eigenvalue weighted by Gasteiger charge is -2.13. The van der Waals surface area contributed by atoms with Crippen molar-refractivity contribution >= 4 is 41.0 Å². The first-order chi connectivity index (χ1) is 14.1. The summed E-state index contributed by atoms with van der Waals surface area (Å²) in [5.74, 6) is 0.753. The number of hydrogen-bond donors (Lipinski definition) is 1. The molecule has 0 atom stereocenters. The van der Waals surface area contributed by atoms with E-state index < -0.39 is 5.91 Å². The topological polar surface area (TPSA) is 93.5 Å². The van der Waals surface area contributed by atoms with E-state index in [0.29, 0.717) is 28.5 Å². The summed E-state index contributed by atoms with van der Waals surface area (Å²) in [5, 5.41) is 13.1. The Bertz CT molecular complexity index is 1110. The largest absolute Gasteiger partial charge is 0.493 e. The van der Waals surface area contributed by atoms with Gasteiger partial charge >= 0.3 is 0 Å². The monoisotopic (exact) mass is 425 g/mol. The standard InChI is InChI=1S/C22H19N3O4.ClH/c1-27-19-11-14(12-20(28-2)21(19)29-3)10-15(13-23)22(26)25-18-8-4-7-17-16(18)6-5-9-24-17;/h4-12H,1-3H3,(H,25,26);1H/b15-10+;. The number of carbonyl (C=O) groups excluding carboxylic acids is 1. The number of methoxy groups -OCH3 is 3. The van der Waals surface area contributed by atoms with E-state index in [1.165, 1.54) is 27.4 Å². The lowest BCUT2D eigenvalue weighted by molar-refractivity contribution is -0.112. The number of amides is 1. The quantitative estimate of drug-likeness (QED) is 0.469. The average Bonchev–Trinajstić information content (AvgIpc) is 2.76. The van der Waals surface area contributed by atoms with Crippen molar-refractivity contribution in [1.82, 2.24) is 4.98 Å². The molecule has 0 saturated carbocycles. The van der Waals surface area contributed by atoms with Gasteiger partial charge in [0.1, 0.15) is 11.6 Å². The Labute approximate surface area is 180 Å². The first-order valence-corrected chi connectivity index (χ1v) is 8.68. The molecule has 0 bridgehead atoms. The van der Waals surface area contributed by atoms with Crippen LogP contribution in [0.4, 0.5) is 5.69 Å². The number of nitrogens with zero attached hydrogens (tertiary/aromatic N) is 2. The number of pyridine rings is 1. The molecule has 0 fully saturated rings.